The Kier molecular flexibility index (Phi) is 3.79. The maximum atomic E-state index is 12.4. The van der Waals surface area contributed by atoms with Crippen molar-refractivity contribution < 1.29 is 19.1 Å². The number of carbonyl (C=O) groups is 2. The van der Waals surface area contributed by atoms with Crippen molar-refractivity contribution >= 4 is 23.3 Å². The number of hydrogen-bond donors (Lipinski definition) is 1. The van der Waals surface area contributed by atoms with E-state index in [-0.39, 0.29) is 18.2 Å². The van der Waals surface area contributed by atoms with Crippen LogP contribution >= 0.6 is 0 Å². The van der Waals surface area contributed by atoms with E-state index in [1.165, 1.54) is 0 Å². The minimum absolute atomic E-state index is 0.0853. The highest BCUT2D eigenvalue weighted by atomic mass is 16.6. The van der Waals surface area contributed by atoms with Gasteiger partial charge in [0.15, 0.2) is 17.3 Å². The quantitative estimate of drug-likeness (QED) is 0.905. The summed E-state index contributed by atoms with van der Waals surface area (Å²) in [5.74, 6) is 1.08. The molecular weight excluding hydrogens is 324 g/mol. The number of carbonyl (C=O) groups excluding carboxylic acids is 2. The first-order chi connectivity index (χ1) is 12.1. The molecule has 2 amide bonds. The predicted molar refractivity (Wildman–Crippen MR) is 89.7 cm³/mol. The number of aromatic nitrogens is 2. The van der Waals surface area contributed by atoms with E-state index in [4.69, 9.17) is 9.47 Å². The van der Waals surface area contributed by atoms with Crippen LogP contribution < -0.4 is 19.7 Å². The number of nitrogens with zero attached hydrogens (tertiary/aromatic N) is 3. The lowest BCUT2D eigenvalue weighted by Gasteiger charge is -2.22. The number of fused-ring (bicyclic) bond motifs is 1. The lowest BCUT2D eigenvalue weighted by molar-refractivity contribution is -0.122. The molecule has 1 atom stereocenters. The lowest BCUT2D eigenvalue weighted by Crippen LogP contribution is -2.28. The molecule has 1 saturated heterocycles. The number of rotatable bonds is 3. The molecule has 0 bridgehead atoms. The van der Waals surface area contributed by atoms with E-state index in [1.807, 2.05) is 6.07 Å². The van der Waals surface area contributed by atoms with Gasteiger partial charge in [-0.2, -0.15) is 5.10 Å². The highest BCUT2D eigenvalue weighted by molar-refractivity contribution is 6.03. The zero-order valence-electron chi connectivity index (χ0n) is 13.8. The Morgan fingerprint density at radius 1 is 1.24 bits per heavy atom. The van der Waals surface area contributed by atoms with Crippen LogP contribution in [0.15, 0.2) is 30.5 Å². The average Bonchev–Trinajstić information content (AvgIpc) is 3.20. The molecule has 1 aromatic carbocycles. The van der Waals surface area contributed by atoms with Crippen molar-refractivity contribution in [3.8, 4) is 11.5 Å². The van der Waals surface area contributed by atoms with E-state index in [2.05, 4.69) is 10.4 Å². The van der Waals surface area contributed by atoms with E-state index in [0.717, 1.165) is 0 Å². The van der Waals surface area contributed by atoms with Crippen LogP contribution in [0.1, 0.15) is 6.42 Å². The van der Waals surface area contributed by atoms with Gasteiger partial charge in [0.1, 0.15) is 13.2 Å². The molecule has 2 aromatic rings. The zero-order valence-corrected chi connectivity index (χ0v) is 13.8. The van der Waals surface area contributed by atoms with Crippen LogP contribution in [0.3, 0.4) is 0 Å². The van der Waals surface area contributed by atoms with Gasteiger partial charge in [-0.25, -0.2) is 0 Å². The second kappa shape index (κ2) is 6.12. The summed E-state index contributed by atoms with van der Waals surface area (Å²) in [5.41, 5.74) is 0.711. The highest BCUT2D eigenvalue weighted by Gasteiger charge is 2.35. The molecule has 130 valence electrons. The summed E-state index contributed by atoms with van der Waals surface area (Å²) in [6.45, 7) is 1.33. The first-order valence-corrected chi connectivity index (χ1v) is 8.11. The largest absolute Gasteiger partial charge is 0.486 e. The summed E-state index contributed by atoms with van der Waals surface area (Å²) < 4.78 is 12.7. The minimum Gasteiger partial charge on any atom is -0.486 e. The molecule has 3 heterocycles. The second-order valence-electron chi connectivity index (χ2n) is 6.10. The van der Waals surface area contributed by atoms with Gasteiger partial charge in [-0.1, -0.05) is 0 Å². The van der Waals surface area contributed by atoms with E-state index in [1.54, 1.807) is 41.0 Å². The van der Waals surface area contributed by atoms with Gasteiger partial charge in [0.25, 0.3) is 0 Å². The minimum atomic E-state index is -0.414. The third-order valence-corrected chi connectivity index (χ3v) is 4.30. The summed E-state index contributed by atoms with van der Waals surface area (Å²) in [6, 6.07) is 7.10. The van der Waals surface area contributed by atoms with E-state index < -0.39 is 5.92 Å². The van der Waals surface area contributed by atoms with Crippen molar-refractivity contribution in [2.45, 2.75) is 6.42 Å². The maximum Gasteiger partial charge on any atom is 0.231 e. The van der Waals surface area contributed by atoms with Crippen LogP contribution in [0, 0.1) is 5.92 Å². The van der Waals surface area contributed by atoms with Crippen LogP contribution in [0.5, 0.6) is 11.5 Å². The van der Waals surface area contributed by atoms with Crippen LogP contribution in [0.2, 0.25) is 0 Å². The molecule has 0 saturated carbocycles. The first-order valence-electron chi connectivity index (χ1n) is 8.11. The van der Waals surface area contributed by atoms with Gasteiger partial charge in [0.2, 0.25) is 11.8 Å². The fraction of sp³-hybridized carbons (Fsp3) is 0.353. The van der Waals surface area contributed by atoms with Crippen molar-refractivity contribution in [2.24, 2.45) is 13.0 Å². The molecule has 2 aliphatic rings. The van der Waals surface area contributed by atoms with E-state index in [9.17, 15) is 9.59 Å². The van der Waals surface area contributed by atoms with Crippen molar-refractivity contribution in [3.05, 3.63) is 30.5 Å². The molecule has 0 radical (unpaired) electrons. The normalized spacial score (nSPS) is 19.2. The molecule has 8 nitrogen and oxygen atoms in total. The summed E-state index contributed by atoms with van der Waals surface area (Å²) in [5, 5.41) is 6.87. The number of ether oxygens (including phenoxy) is 2. The molecule has 1 fully saturated rings. The van der Waals surface area contributed by atoms with Crippen LogP contribution in [0.25, 0.3) is 0 Å². The summed E-state index contributed by atoms with van der Waals surface area (Å²) in [6.07, 6.45) is 1.92. The fourth-order valence-electron chi connectivity index (χ4n) is 3.04. The Balaban J connectivity index is 1.47. The Labute approximate surface area is 144 Å². The van der Waals surface area contributed by atoms with Crippen molar-refractivity contribution in [1.82, 2.24) is 9.78 Å². The molecule has 25 heavy (non-hydrogen) atoms. The third kappa shape index (κ3) is 3.02. The molecule has 0 aliphatic carbocycles. The SMILES string of the molecule is Cn1ccc(NC(=O)[C@H]2CC(=O)N(c3ccc4c(c3)OCCO4)C2)n1. The van der Waals surface area contributed by atoms with E-state index >= 15 is 0 Å². The van der Waals surface area contributed by atoms with Gasteiger partial charge in [0, 0.05) is 44.0 Å². The molecule has 0 unspecified atom stereocenters. The molecule has 0 spiro atoms. The smallest absolute Gasteiger partial charge is 0.231 e. The summed E-state index contributed by atoms with van der Waals surface area (Å²) in [4.78, 5) is 26.4. The van der Waals surface area contributed by atoms with E-state index in [0.29, 0.717) is 42.8 Å². The van der Waals surface area contributed by atoms with Crippen LogP contribution in [-0.2, 0) is 16.6 Å². The standard InChI is InChI=1S/C17H18N4O4/c1-20-5-4-15(19-20)18-17(23)11-8-16(22)21(10-11)12-2-3-13-14(9-12)25-7-6-24-13/h2-5,9,11H,6-8,10H2,1H3,(H,18,19,23)/t11-/m0/s1. The summed E-state index contributed by atoms with van der Waals surface area (Å²) >= 11 is 0. The Hall–Kier alpha value is -3.03. The van der Waals surface area contributed by atoms with Crippen LogP contribution in [0.4, 0.5) is 11.5 Å². The predicted octanol–water partition coefficient (Wildman–Crippen LogP) is 1.18. The number of amides is 2. The number of aryl methyl sites for hydroxylation is 1. The number of hydrogen-bond acceptors (Lipinski definition) is 5. The molecule has 1 N–H and O–H groups in total. The van der Waals surface area contributed by atoms with Gasteiger partial charge in [0.05, 0.1) is 5.92 Å². The fourth-order valence-corrected chi connectivity index (χ4v) is 3.04. The molecule has 1 aromatic heterocycles. The molecular formula is C17H18N4O4. The van der Waals surface area contributed by atoms with Gasteiger partial charge in [-0.3, -0.25) is 14.3 Å². The number of benzene rings is 1. The zero-order chi connectivity index (χ0) is 17.4. The second-order valence-corrected chi connectivity index (χ2v) is 6.10. The maximum absolute atomic E-state index is 12.4. The number of anilines is 2. The van der Waals surface area contributed by atoms with Gasteiger partial charge in [-0.05, 0) is 12.1 Å². The average molecular weight is 342 g/mol. The van der Waals surface area contributed by atoms with Crippen molar-refractivity contribution in [1.29, 1.82) is 0 Å². The monoisotopic (exact) mass is 342 g/mol. The molecule has 4 rings (SSSR count). The van der Waals surface area contributed by atoms with Crippen LogP contribution in [-0.4, -0.2) is 41.4 Å². The van der Waals surface area contributed by atoms with Crippen molar-refractivity contribution in [2.75, 3.05) is 30.0 Å². The third-order valence-electron chi connectivity index (χ3n) is 4.30. The first kappa shape index (κ1) is 15.5. The number of nitrogens with one attached hydrogen (secondary N) is 1. The Morgan fingerprint density at radius 2 is 2.04 bits per heavy atom. The van der Waals surface area contributed by atoms with Gasteiger partial charge >= 0.3 is 0 Å². The topological polar surface area (TPSA) is 85.7 Å². The van der Waals surface area contributed by atoms with Gasteiger partial charge in [-0.15, -0.1) is 0 Å². The molecule has 8 heteroatoms. The Morgan fingerprint density at radius 3 is 2.80 bits per heavy atom. The van der Waals surface area contributed by atoms with Gasteiger partial charge < -0.3 is 19.7 Å². The Bertz CT molecular complexity index is 832. The van der Waals surface area contributed by atoms with Crippen molar-refractivity contribution in [3.63, 3.8) is 0 Å². The summed E-state index contributed by atoms with van der Waals surface area (Å²) in [7, 11) is 1.78. The lowest BCUT2D eigenvalue weighted by atomic mass is 10.1. The highest BCUT2D eigenvalue weighted by Crippen LogP contribution is 2.36. The molecule has 2 aliphatic heterocycles.